The Hall–Kier alpha value is -3.62. The van der Waals surface area contributed by atoms with E-state index in [9.17, 15) is 14.9 Å². The largest absolute Gasteiger partial charge is 0.493 e. The zero-order chi connectivity index (χ0) is 20.5. The Balaban J connectivity index is 1.99. The lowest BCUT2D eigenvalue weighted by Crippen LogP contribution is -2.33. The minimum atomic E-state index is -0.979. The van der Waals surface area contributed by atoms with E-state index in [0.717, 1.165) is 0 Å². The topological polar surface area (TPSA) is 112 Å². The molecule has 0 saturated carbocycles. The van der Waals surface area contributed by atoms with Crippen molar-refractivity contribution < 1.29 is 23.9 Å². The first-order valence-electron chi connectivity index (χ1n) is 8.50. The number of carbonyl (C=O) groups excluding carboxylic acids is 1. The molecule has 2 aromatic rings. The van der Waals surface area contributed by atoms with Crippen molar-refractivity contribution in [1.82, 2.24) is 5.43 Å². The van der Waals surface area contributed by atoms with E-state index in [4.69, 9.17) is 14.2 Å². The third-order valence-electron chi connectivity index (χ3n) is 3.61. The molecule has 2 aromatic carbocycles. The van der Waals surface area contributed by atoms with Gasteiger partial charge < -0.3 is 14.2 Å². The lowest BCUT2D eigenvalue weighted by Gasteiger charge is -2.12. The number of para-hydroxylation sites is 2. The number of amides is 1. The van der Waals surface area contributed by atoms with Gasteiger partial charge in [0.2, 0.25) is 0 Å². The summed E-state index contributed by atoms with van der Waals surface area (Å²) >= 11 is 0. The summed E-state index contributed by atoms with van der Waals surface area (Å²) < 4.78 is 16.1. The normalized spacial score (nSPS) is 11.7. The van der Waals surface area contributed by atoms with E-state index in [0.29, 0.717) is 23.7 Å². The van der Waals surface area contributed by atoms with Crippen LogP contribution in [0.3, 0.4) is 0 Å². The number of ether oxygens (including phenoxy) is 3. The quantitative estimate of drug-likeness (QED) is 0.402. The van der Waals surface area contributed by atoms with Gasteiger partial charge in [0, 0.05) is 6.07 Å². The molecule has 0 radical (unpaired) electrons. The van der Waals surface area contributed by atoms with Crippen LogP contribution in [-0.4, -0.2) is 36.9 Å². The monoisotopic (exact) mass is 387 g/mol. The van der Waals surface area contributed by atoms with Crippen LogP contribution in [0.2, 0.25) is 0 Å². The summed E-state index contributed by atoms with van der Waals surface area (Å²) in [4.78, 5) is 22.5. The maximum atomic E-state index is 12.1. The number of hydrazone groups is 1. The number of carbonyl (C=O) groups is 1. The van der Waals surface area contributed by atoms with Crippen molar-refractivity contribution in [2.24, 2.45) is 5.10 Å². The maximum Gasteiger partial charge on any atom is 0.310 e. The molecule has 2 rings (SSSR count). The van der Waals surface area contributed by atoms with Crippen LogP contribution in [0.4, 0.5) is 5.69 Å². The van der Waals surface area contributed by atoms with E-state index in [2.05, 4.69) is 10.5 Å². The Morgan fingerprint density at radius 3 is 2.68 bits per heavy atom. The van der Waals surface area contributed by atoms with Crippen molar-refractivity contribution in [3.05, 3.63) is 58.1 Å². The Morgan fingerprint density at radius 2 is 2.00 bits per heavy atom. The van der Waals surface area contributed by atoms with Gasteiger partial charge in [-0.05, 0) is 43.7 Å². The summed E-state index contributed by atoms with van der Waals surface area (Å²) in [5, 5.41) is 14.9. The molecule has 0 aliphatic carbocycles. The van der Waals surface area contributed by atoms with Crippen LogP contribution in [0.5, 0.6) is 17.2 Å². The Labute approximate surface area is 162 Å². The fourth-order valence-corrected chi connectivity index (χ4v) is 2.25. The van der Waals surface area contributed by atoms with E-state index in [-0.39, 0.29) is 11.4 Å². The lowest BCUT2D eigenvalue weighted by atomic mass is 10.2. The van der Waals surface area contributed by atoms with Crippen molar-refractivity contribution in [2.45, 2.75) is 20.0 Å². The second-order valence-electron chi connectivity index (χ2n) is 5.56. The summed E-state index contributed by atoms with van der Waals surface area (Å²) in [7, 11) is 1.53. The van der Waals surface area contributed by atoms with Gasteiger partial charge in [-0.1, -0.05) is 12.1 Å². The fraction of sp³-hybridized carbons (Fsp3) is 0.263. The highest BCUT2D eigenvalue weighted by Crippen LogP contribution is 2.28. The average Bonchev–Trinajstić information content (AvgIpc) is 2.69. The molecule has 0 heterocycles. The van der Waals surface area contributed by atoms with Crippen LogP contribution in [0.15, 0.2) is 47.6 Å². The van der Waals surface area contributed by atoms with Gasteiger partial charge in [-0.15, -0.1) is 0 Å². The third kappa shape index (κ3) is 5.44. The molecule has 1 N–H and O–H groups in total. The SMILES string of the molecule is CCOc1ccc(C=NNC(=O)[C@@H](C)Oc2ccccc2[N+](=O)[O-])cc1OC. The van der Waals surface area contributed by atoms with Crippen molar-refractivity contribution >= 4 is 17.8 Å². The van der Waals surface area contributed by atoms with E-state index in [1.165, 1.54) is 38.4 Å². The molecule has 148 valence electrons. The first-order chi connectivity index (χ1) is 13.5. The molecule has 0 bridgehead atoms. The molecule has 0 unspecified atom stereocenters. The summed E-state index contributed by atoms with van der Waals surface area (Å²) in [6.45, 7) is 3.86. The van der Waals surface area contributed by atoms with Crippen LogP contribution in [-0.2, 0) is 4.79 Å². The smallest absolute Gasteiger partial charge is 0.310 e. The zero-order valence-electron chi connectivity index (χ0n) is 15.7. The maximum absolute atomic E-state index is 12.1. The van der Waals surface area contributed by atoms with E-state index in [1.807, 2.05) is 6.92 Å². The number of hydrogen-bond acceptors (Lipinski definition) is 7. The van der Waals surface area contributed by atoms with Gasteiger partial charge in [0.25, 0.3) is 5.91 Å². The highest BCUT2D eigenvalue weighted by Gasteiger charge is 2.20. The van der Waals surface area contributed by atoms with Crippen LogP contribution in [0.25, 0.3) is 0 Å². The predicted molar refractivity (Wildman–Crippen MR) is 103 cm³/mol. The van der Waals surface area contributed by atoms with Crippen molar-refractivity contribution in [3.63, 3.8) is 0 Å². The first-order valence-corrected chi connectivity index (χ1v) is 8.50. The van der Waals surface area contributed by atoms with Gasteiger partial charge in [-0.2, -0.15) is 5.10 Å². The van der Waals surface area contributed by atoms with Gasteiger partial charge in [0.1, 0.15) is 0 Å². The highest BCUT2D eigenvalue weighted by atomic mass is 16.6. The number of nitro groups is 1. The number of nitrogens with one attached hydrogen (secondary N) is 1. The summed E-state index contributed by atoms with van der Waals surface area (Å²) in [6.07, 6.45) is 0.460. The average molecular weight is 387 g/mol. The van der Waals surface area contributed by atoms with Gasteiger partial charge in [-0.25, -0.2) is 5.43 Å². The van der Waals surface area contributed by atoms with Crippen LogP contribution >= 0.6 is 0 Å². The molecule has 28 heavy (non-hydrogen) atoms. The van der Waals surface area contributed by atoms with Crippen molar-refractivity contribution in [3.8, 4) is 17.2 Å². The number of hydrogen-bond donors (Lipinski definition) is 1. The molecule has 0 aliphatic rings. The lowest BCUT2D eigenvalue weighted by molar-refractivity contribution is -0.386. The number of benzene rings is 2. The molecular weight excluding hydrogens is 366 g/mol. The van der Waals surface area contributed by atoms with E-state index < -0.39 is 16.9 Å². The van der Waals surface area contributed by atoms with E-state index >= 15 is 0 Å². The highest BCUT2D eigenvalue weighted by molar-refractivity contribution is 5.85. The summed E-state index contributed by atoms with van der Waals surface area (Å²) in [6, 6.07) is 11.1. The van der Waals surface area contributed by atoms with Crippen LogP contribution < -0.4 is 19.6 Å². The molecule has 9 heteroatoms. The molecular formula is C19H21N3O6. The van der Waals surface area contributed by atoms with Crippen LogP contribution in [0.1, 0.15) is 19.4 Å². The summed E-state index contributed by atoms with van der Waals surface area (Å²) in [5.74, 6) is 0.616. The van der Waals surface area contributed by atoms with Gasteiger partial charge in [0.15, 0.2) is 23.4 Å². The number of nitrogens with zero attached hydrogens (tertiary/aromatic N) is 2. The minimum Gasteiger partial charge on any atom is -0.493 e. The molecule has 9 nitrogen and oxygen atoms in total. The molecule has 1 amide bonds. The van der Waals surface area contributed by atoms with Gasteiger partial charge in [0.05, 0.1) is 24.9 Å². The standard InChI is InChI=1S/C19H21N3O6/c1-4-27-17-10-9-14(11-18(17)26-3)12-20-21-19(23)13(2)28-16-8-6-5-7-15(16)22(24)25/h5-13H,4H2,1-3H3,(H,21,23)/t13-/m1/s1. The van der Waals surface area contributed by atoms with Crippen molar-refractivity contribution in [1.29, 1.82) is 0 Å². The number of rotatable bonds is 9. The first kappa shape index (κ1) is 20.7. The second kappa shape index (κ2) is 9.91. The predicted octanol–water partition coefficient (Wildman–Crippen LogP) is 2.92. The zero-order valence-corrected chi connectivity index (χ0v) is 15.7. The number of methoxy groups -OCH3 is 1. The number of nitro benzene ring substituents is 1. The molecule has 0 aliphatic heterocycles. The molecule has 0 saturated heterocycles. The third-order valence-corrected chi connectivity index (χ3v) is 3.61. The Kier molecular flexibility index (Phi) is 7.32. The van der Waals surface area contributed by atoms with Crippen LogP contribution in [0, 0.1) is 10.1 Å². The van der Waals surface area contributed by atoms with E-state index in [1.54, 1.807) is 24.3 Å². The summed E-state index contributed by atoms with van der Waals surface area (Å²) in [5.41, 5.74) is 2.81. The van der Waals surface area contributed by atoms with Crippen molar-refractivity contribution in [2.75, 3.05) is 13.7 Å². The van der Waals surface area contributed by atoms with Gasteiger partial charge >= 0.3 is 5.69 Å². The molecule has 0 aromatic heterocycles. The second-order valence-corrected chi connectivity index (χ2v) is 5.56. The fourth-order valence-electron chi connectivity index (χ4n) is 2.25. The molecule has 0 spiro atoms. The Morgan fingerprint density at radius 1 is 1.25 bits per heavy atom. The molecule has 0 fully saturated rings. The minimum absolute atomic E-state index is 0.00961. The molecule has 1 atom stereocenters. The van der Waals surface area contributed by atoms with Gasteiger partial charge in [-0.3, -0.25) is 14.9 Å². The Bertz CT molecular complexity index is 868.